The largest absolute Gasteiger partial charge is 0.224 e. The van der Waals surface area contributed by atoms with Crippen LogP contribution in [0.25, 0.3) is 0 Å². The van der Waals surface area contributed by atoms with Crippen molar-refractivity contribution in [2.24, 2.45) is 0 Å². The van der Waals surface area contributed by atoms with Gasteiger partial charge in [0, 0.05) is 16.2 Å². The van der Waals surface area contributed by atoms with E-state index in [9.17, 15) is 4.39 Å². The summed E-state index contributed by atoms with van der Waals surface area (Å²) in [5, 5.41) is 1.10. The van der Waals surface area contributed by atoms with Crippen molar-refractivity contribution < 1.29 is 4.39 Å². The lowest BCUT2D eigenvalue weighted by Gasteiger charge is -1.98. The fourth-order valence-corrected chi connectivity index (χ4v) is 1.41. The van der Waals surface area contributed by atoms with Crippen molar-refractivity contribution in [3.8, 4) is 0 Å². The Labute approximate surface area is 81.3 Å². The molecule has 0 aromatic carbocycles. The zero-order valence-electron chi connectivity index (χ0n) is 5.65. The average molecular weight is 283 g/mol. The van der Waals surface area contributed by atoms with E-state index in [1.165, 1.54) is 0 Å². The number of rotatable bonds is 2. The van der Waals surface area contributed by atoms with Crippen LogP contribution in [0.2, 0.25) is 0 Å². The molecule has 0 saturated carbocycles. The van der Waals surface area contributed by atoms with Crippen LogP contribution in [0.4, 0.5) is 4.39 Å². The molecule has 0 aliphatic heterocycles. The molecule has 4 heteroatoms. The lowest BCUT2D eigenvalue weighted by atomic mass is 10.3. The van der Waals surface area contributed by atoms with Crippen molar-refractivity contribution in [2.75, 3.05) is 0 Å². The van der Waals surface area contributed by atoms with Crippen LogP contribution in [0.15, 0.2) is 12.1 Å². The van der Waals surface area contributed by atoms with Gasteiger partial charge in [0.2, 0.25) is 5.95 Å². The highest BCUT2D eigenvalue weighted by Crippen LogP contribution is 2.11. The van der Waals surface area contributed by atoms with E-state index in [0.29, 0.717) is 21.9 Å². The molecule has 0 aliphatic carbocycles. The van der Waals surface area contributed by atoms with Gasteiger partial charge in [0.1, 0.15) is 0 Å². The van der Waals surface area contributed by atoms with Gasteiger partial charge in [-0.15, -0.1) is 0 Å². The molecule has 0 unspecified atom stereocenters. The molecule has 0 atom stereocenters. The van der Waals surface area contributed by atoms with Gasteiger partial charge in [0.25, 0.3) is 0 Å². The van der Waals surface area contributed by atoms with E-state index in [1.807, 2.05) is 0 Å². The van der Waals surface area contributed by atoms with Crippen molar-refractivity contribution in [1.29, 1.82) is 0 Å². The first kappa shape index (κ1) is 9.13. The molecule has 0 fully saturated rings. The number of hydrogen-bond donors (Lipinski definition) is 0. The Morgan fingerprint density at radius 2 is 2.00 bits per heavy atom. The summed E-state index contributed by atoms with van der Waals surface area (Å²) in [6, 6.07) is 3.53. The minimum atomic E-state index is -0.390. The van der Waals surface area contributed by atoms with E-state index in [2.05, 4.69) is 36.8 Å². The Morgan fingerprint density at radius 3 is 2.45 bits per heavy atom. The lowest BCUT2D eigenvalue weighted by molar-refractivity contribution is 0.569. The number of pyridine rings is 1. The predicted molar refractivity (Wildman–Crippen MR) is 49.5 cm³/mol. The number of alkyl halides is 2. The van der Waals surface area contributed by atoms with E-state index in [4.69, 9.17) is 0 Å². The van der Waals surface area contributed by atoms with Crippen molar-refractivity contribution in [3.63, 3.8) is 0 Å². The molecule has 0 bridgehead atoms. The maximum Gasteiger partial charge on any atom is 0.217 e. The van der Waals surface area contributed by atoms with E-state index >= 15 is 0 Å². The van der Waals surface area contributed by atoms with Crippen LogP contribution in [0.5, 0.6) is 0 Å². The van der Waals surface area contributed by atoms with Gasteiger partial charge in [-0.25, -0.2) is 4.98 Å². The normalized spacial score (nSPS) is 10.1. The highest BCUT2D eigenvalue weighted by Gasteiger charge is 2.01. The fourth-order valence-electron chi connectivity index (χ4n) is 0.675. The first-order valence-corrected chi connectivity index (χ1v) is 5.28. The third-order valence-corrected chi connectivity index (χ3v) is 2.44. The summed E-state index contributed by atoms with van der Waals surface area (Å²) in [6.45, 7) is 0. The second-order valence-corrected chi connectivity index (χ2v) is 3.14. The molecule has 1 aromatic rings. The summed E-state index contributed by atoms with van der Waals surface area (Å²) in [6.07, 6.45) is 0. The zero-order valence-corrected chi connectivity index (χ0v) is 8.82. The summed E-state index contributed by atoms with van der Waals surface area (Å²) in [5.41, 5.74) is 1.31. The van der Waals surface area contributed by atoms with Crippen LogP contribution in [-0.2, 0) is 10.7 Å². The molecule has 60 valence electrons. The lowest BCUT2D eigenvalue weighted by Crippen LogP contribution is -1.94. The summed E-state index contributed by atoms with van der Waals surface area (Å²) < 4.78 is 12.9. The van der Waals surface area contributed by atoms with E-state index in [0.717, 1.165) is 0 Å². The standard InChI is InChI=1S/C7H6Br2FN/c8-3-5-1-2-6(4-9)11-7(5)10/h1-2H,3-4H2. The van der Waals surface area contributed by atoms with Crippen molar-refractivity contribution >= 4 is 31.9 Å². The van der Waals surface area contributed by atoms with Gasteiger partial charge in [0.05, 0.1) is 5.69 Å². The van der Waals surface area contributed by atoms with Crippen LogP contribution < -0.4 is 0 Å². The van der Waals surface area contributed by atoms with Crippen molar-refractivity contribution in [3.05, 3.63) is 29.3 Å². The maximum atomic E-state index is 12.9. The van der Waals surface area contributed by atoms with Crippen molar-refractivity contribution in [2.45, 2.75) is 10.7 Å². The highest BCUT2D eigenvalue weighted by atomic mass is 79.9. The molecule has 11 heavy (non-hydrogen) atoms. The van der Waals surface area contributed by atoms with Crippen LogP contribution in [0.1, 0.15) is 11.3 Å². The summed E-state index contributed by atoms with van der Waals surface area (Å²) >= 11 is 6.36. The summed E-state index contributed by atoms with van der Waals surface area (Å²) in [4.78, 5) is 3.72. The van der Waals surface area contributed by atoms with Gasteiger partial charge in [-0.2, -0.15) is 4.39 Å². The molecule has 0 spiro atoms. The second kappa shape index (κ2) is 4.16. The Hall–Kier alpha value is 0.0400. The molecule has 0 radical (unpaired) electrons. The molecule has 0 amide bonds. The Bertz CT molecular complexity index is 252. The maximum absolute atomic E-state index is 12.9. The van der Waals surface area contributed by atoms with Gasteiger partial charge >= 0.3 is 0 Å². The van der Waals surface area contributed by atoms with Gasteiger partial charge in [-0.1, -0.05) is 37.9 Å². The quantitative estimate of drug-likeness (QED) is 0.600. The number of aromatic nitrogens is 1. The van der Waals surface area contributed by atoms with Gasteiger partial charge in [0.15, 0.2) is 0 Å². The molecule has 1 rings (SSSR count). The molecule has 0 saturated heterocycles. The SMILES string of the molecule is Fc1nc(CBr)ccc1CBr. The first-order valence-electron chi connectivity index (χ1n) is 3.04. The van der Waals surface area contributed by atoms with Crippen molar-refractivity contribution in [1.82, 2.24) is 4.98 Å². The summed E-state index contributed by atoms with van der Waals surface area (Å²) in [7, 11) is 0. The number of hydrogen-bond acceptors (Lipinski definition) is 1. The molecule has 1 nitrogen and oxygen atoms in total. The monoisotopic (exact) mass is 281 g/mol. The first-order chi connectivity index (χ1) is 5.27. The molecule has 1 aromatic heterocycles. The fraction of sp³-hybridized carbons (Fsp3) is 0.286. The van der Waals surface area contributed by atoms with E-state index in [1.54, 1.807) is 12.1 Å². The third kappa shape index (κ3) is 2.24. The Kier molecular flexibility index (Phi) is 3.45. The van der Waals surface area contributed by atoms with E-state index in [-0.39, 0.29) is 5.95 Å². The number of halogens is 3. The highest BCUT2D eigenvalue weighted by molar-refractivity contribution is 9.08. The second-order valence-electron chi connectivity index (χ2n) is 2.02. The third-order valence-electron chi connectivity index (χ3n) is 1.26. The van der Waals surface area contributed by atoms with Gasteiger partial charge in [-0.3, -0.25) is 0 Å². The molecular formula is C7H6Br2FN. The topological polar surface area (TPSA) is 12.9 Å². The minimum Gasteiger partial charge on any atom is -0.224 e. The predicted octanol–water partition coefficient (Wildman–Crippen LogP) is 3.01. The molecule has 0 N–H and O–H groups in total. The van der Waals surface area contributed by atoms with Crippen LogP contribution >= 0.6 is 31.9 Å². The zero-order chi connectivity index (χ0) is 8.27. The van der Waals surface area contributed by atoms with Crippen LogP contribution in [0.3, 0.4) is 0 Å². The van der Waals surface area contributed by atoms with Crippen LogP contribution in [-0.4, -0.2) is 4.98 Å². The Balaban J connectivity index is 2.99. The molecule has 0 aliphatic rings. The van der Waals surface area contributed by atoms with Crippen LogP contribution in [0, 0.1) is 5.95 Å². The molecule has 1 heterocycles. The molecular weight excluding hydrogens is 277 g/mol. The van der Waals surface area contributed by atoms with Gasteiger partial charge in [-0.05, 0) is 6.07 Å². The summed E-state index contributed by atoms with van der Waals surface area (Å²) in [5.74, 6) is -0.390. The Morgan fingerprint density at radius 1 is 1.27 bits per heavy atom. The minimum absolute atomic E-state index is 0.390. The number of nitrogens with zero attached hydrogens (tertiary/aromatic N) is 1. The smallest absolute Gasteiger partial charge is 0.217 e. The van der Waals surface area contributed by atoms with Gasteiger partial charge < -0.3 is 0 Å². The van der Waals surface area contributed by atoms with E-state index < -0.39 is 0 Å². The average Bonchev–Trinajstić information content (AvgIpc) is 2.04.